The maximum atomic E-state index is 9.47. The third kappa shape index (κ3) is 2.73. The van der Waals surface area contributed by atoms with Crippen molar-refractivity contribution in [1.82, 2.24) is 15.0 Å². The number of fused-ring (bicyclic) bond motifs is 1. The van der Waals surface area contributed by atoms with Crippen molar-refractivity contribution in [3.63, 3.8) is 0 Å². The van der Waals surface area contributed by atoms with Gasteiger partial charge in [0.15, 0.2) is 5.82 Å². The van der Waals surface area contributed by atoms with E-state index in [1.807, 2.05) is 67.6 Å². The first-order valence-corrected chi connectivity index (χ1v) is 7.96. The molecule has 0 aliphatic rings. The molecule has 0 fully saturated rings. The molecule has 4 aromatic rings. The first-order chi connectivity index (χ1) is 12.3. The Kier molecular flexibility index (Phi) is 3.68. The molecule has 0 radical (unpaired) electrons. The van der Waals surface area contributed by atoms with Gasteiger partial charge in [0.1, 0.15) is 5.69 Å². The van der Waals surface area contributed by atoms with E-state index < -0.39 is 0 Å². The Morgan fingerprint density at radius 1 is 0.800 bits per heavy atom. The highest BCUT2D eigenvalue weighted by Crippen LogP contribution is 2.30. The van der Waals surface area contributed by atoms with Gasteiger partial charge in [0.25, 0.3) is 0 Å². The number of para-hydroxylation sites is 1. The van der Waals surface area contributed by atoms with Crippen LogP contribution in [0.4, 0.5) is 0 Å². The van der Waals surface area contributed by atoms with E-state index in [0.717, 1.165) is 33.5 Å². The van der Waals surface area contributed by atoms with Gasteiger partial charge in [0.2, 0.25) is 0 Å². The fourth-order valence-electron chi connectivity index (χ4n) is 2.85. The van der Waals surface area contributed by atoms with E-state index in [9.17, 15) is 5.26 Å². The number of nitriles is 1. The Morgan fingerprint density at radius 3 is 2.44 bits per heavy atom. The van der Waals surface area contributed by atoms with E-state index in [1.165, 1.54) is 0 Å². The normalized spacial score (nSPS) is 10.6. The summed E-state index contributed by atoms with van der Waals surface area (Å²) in [6.07, 6.45) is 0. The van der Waals surface area contributed by atoms with Crippen molar-refractivity contribution in [2.24, 2.45) is 0 Å². The van der Waals surface area contributed by atoms with Crippen molar-refractivity contribution >= 4 is 10.9 Å². The Labute approximate surface area is 145 Å². The predicted molar refractivity (Wildman–Crippen MR) is 97.7 cm³/mol. The van der Waals surface area contributed by atoms with E-state index in [-0.39, 0.29) is 0 Å². The predicted octanol–water partition coefficient (Wildman–Crippen LogP) is 4.54. The van der Waals surface area contributed by atoms with Crippen LogP contribution >= 0.6 is 0 Å². The second-order valence-electron chi connectivity index (χ2n) is 5.73. The summed E-state index contributed by atoms with van der Waals surface area (Å²) >= 11 is 0. The quantitative estimate of drug-likeness (QED) is 0.543. The molecule has 0 saturated carbocycles. The zero-order chi connectivity index (χ0) is 17.2. The lowest BCUT2D eigenvalue weighted by Gasteiger charge is -2.10. The van der Waals surface area contributed by atoms with Crippen molar-refractivity contribution in [2.45, 2.75) is 6.92 Å². The Morgan fingerprint density at radius 2 is 1.60 bits per heavy atom. The summed E-state index contributed by atoms with van der Waals surface area (Å²) in [4.78, 5) is 14.0. The minimum Gasteiger partial charge on any atom is -0.250 e. The van der Waals surface area contributed by atoms with Gasteiger partial charge in [0.05, 0.1) is 22.8 Å². The third-order valence-electron chi connectivity index (χ3n) is 4.02. The van der Waals surface area contributed by atoms with Crippen LogP contribution in [0.25, 0.3) is 33.7 Å². The smallest absolute Gasteiger partial charge is 0.179 e. The average molecular weight is 322 g/mol. The number of rotatable bonds is 2. The highest BCUT2D eigenvalue weighted by molar-refractivity contribution is 5.94. The number of aromatic nitrogens is 3. The lowest BCUT2D eigenvalue weighted by atomic mass is 10.0. The van der Waals surface area contributed by atoms with Gasteiger partial charge < -0.3 is 0 Å². The summed E-state index contributed by atoms with van der Waals surface area (Å²) in [6, 6.07) is 23.4. The molecule has 118 valence electrons. The molecule has 4 nitrogen and oxygen atoms in total. The van der Waals surface area contributed by atoms with Gasteiger partial charge in [-0.05, 0) is 31.2 Å². The molecular formula is C21H14N4. The molecule has 0 N–H and O–H groups in total. The molecule has 0 spiro atoms. The average Bonchev–Trinajstić information content (AvgIpc) is 2.67. The summed E-state index contributed by atoms with van der Waals surface area (Å²) < 4.78 is 0. The number of nitrogens with zero attached hydrogens (tertiary/aromatic N) is 4. The van der Waals surface area contributed by atoms with Crippen molar-refractivity contribution in [1.29, 1.82) is 5.26 Å². The van der Waals surface area contributed by atoms with Crippen LogP contribution in [0.2, 0.25) is 0 Å². The molecule has 0 aliphatic carbocycles. The van der Waals surface area contributed by atoms with E-state index >= 15 is 0 Å². The Balaban J connectivity index is 2.05. The molecule has 0 aliphatic heterocycles. The molecule has 2 aromatic carbocycles. The zero-order valence-corrected chi connectivity index (χ0v) is 13.6. The Bertz CT molecular complexity index is 1130. The van der Waals surface area contributed by atoms with Gasteiger partial charge >= 0.3 is 0 Å². The van der Waals surface area contributed by atoms with Crippen LogP contribution in [0.5, 0.6) is 0 Å². The van der Waals surface area contributed by atoms with E-state index in [4.69, 9.17) is 4.98 Å². The lowest BCUT2D eigenvalue weighted by Crippen LogP contribution is -1.98. The number of aryl methyl sites for hydroxylation is 1. The van der Waals surface area contributed by atoms with Gasteiger partial charge in [-0.15, -0.1) is 0 Å². The van der Waals surface area contributed by atoms with Gasteiger partial charge in [-0.25, -0.2) is 15.0 Å². The summed E-state index contributed by atoms with van der Waals surface area (Å²) in [5, 5.41) is 10.4. The molecule has 0 saturated heterocycles. The highest BCUT2D eigenvalue weighted by atomic mass is 14.9. The van der Waals surface area contributed by atoms with Crippen molar-refractivity contribution in [3.8, 4) is 28.8 Å². The summed E-state index contributed by atoms with van der Waals surface area (Å²) in [7, 11) is 0. The molecule has 0 amide bonds. The van der Waals surface area contributed by atoms with E-state index in [2.05, 4.69) is 16.0 Å². The minimum absolute atomic E-state index is 0.560. The second-order valence-corrected chi connectivity index (χ2v) is 5.73. The van der Waals surface area contributed by atoms with Crippen molar-refractivity contribution in [3.05, 3.63) is 78.0 Å². The molecule has 4 rings (SSSR count). The molecule has 0 bridgehead atoms. The second kappa shape index (κ2) is 6.14. The largest absolute Gasteiger partial charge is 0.250 e. The molecule has 25 heavy (non-hydrogen) atoms. The fourth-order valence-corrected chi connectivity index (χ4v) is 2.85. The fraction of sp³-hybridized carbons (Fsp3) is 0.0476. The monoisotopic (exact) mass is 322 g/mol. The molecule has 2 heterocycles. The van der Waals surface area contributed by atoms with Gasteiger partial charge in [-0.1, -0.05) is 42.5 Å². The van der Waals surface area contributed by atoms with Crippen LogP contribution in [0.15, 0.2) is 66.7 Å². The van der Waals surface area contributed by atoms with Gasteiger partial charge in [0, 0.05) is 16.6 Å². The standard InChI is InChI=1S/C21H14N4/c1-14-7-6-12-19(23-14)21-24-18-11-5-4-10-17(18)20(25-21)16-9-3-2-8-15(16)13-22/h2-12H,1H3. The summed E-state index contributed by atoms with van der Waals surface area (Å²) in [5.74, 6) is 0.560. The van der Waals surface area contributed by atoms with Gasteiger partial charge in [-0.3, -0.25) is 0 Å². The summed E-state index contributed by atoms with van der Waals surface area (Å²) in [6.45, 7) is 1.94. The topological polar surface area (TPSA) is 62.5 Å². The number of benzene rings is 2. The van der Waals surface area contributed by atoms with Crippen molar-refractivity contribution in [2.75, 3.05) is 0 Å². The van der Waals surface area contributed by atoms with Crippen LogP contribution in [0.1, 0.15) is 11.3 Å². The maximum absolute atomic E-state index is 9.47. The number of hydrogen-bond acceptors (Lipinski definition) is 4. The van der Waals surface area contributed by atoms with E-state index in [0.29, 0.717) is 11.4 Å². The third-order valence-corrected chi connectivity index (χ3v) is 4.02. The van der Waals surface area contributed by atoms with Crippen molar-refractivity contribution < 1.29 is 0 Å². The first kappa shape index (κ1) is 15.0. The molecule has 2 aromatic heterocycles. The molecule has 0 unspecified atom stereocenters. The number of hydrogen-bond donors (Lipinski definition) is 0. The zero-order valence-electron chi connectivity index (χ0n) is 13.6. The molecule has 4 heteroatoms. The van der Waals surface area contributed by atoms with Crippen LogP contribution < -0.4 is 0 Å². The summed E-state index contributed by atoms with van der Waals surface area (Å²) in [5.41, 5.74) is 4.61. The molecule has 0 atom stereocenters. The van der Waals surface area contributed by atoms with Crippen LogP contribution in [-0.4, -0.2) is 15.0 Å². The van der Waals surface area contributed by atoms with Crippen LogP contribution in [0.3, 0.4) is 0 Å². The first-order valence-electron chi connectivity index (χ1n) is 7.96. The van der Waals surface area contributed by atoms with Crippen LogP contribution in [0, 0.1) is 18.3 Å². The van der Waals surface area contributed by atoms with Crippen LogP contribution in [-0.2, 0) is 0 Å². The minimum atomic E-state index is 0.560. The molecular weight excluding hydrogens is 308 g/mol. The maximum Gasteiger partial charge on any atom is 0.179 e. The highest BCUT2D eigenvalue weighted by Gasteiger charge is 2.14. The Hall–Kier alpha value is -3.58. The number of pyridine rings is 1. The van der Waals surface area contributed by atoms with E-state index in [1.54, 1.807) is 6.07 Å². The lowest BCUT2D eigenvalue weighted by molar-refractivity contribution is 1.14. The van der Waals surface area contributed by atoms with Gasteiger partial charge in [-0.2, -0.15) is 5.26 Å². The SMILES string of the molecule is Cc1cccc(-c2nc(-c3ccccc3C#N)c3ccccc3n2)n1.